The van der Waals surface area contributed by atoms with Gasteiger partial charge in [-0.3, -0.25) is 0 Å². The van der Waals surface area contributed by atoms with Gasteiger partial charge in [0.1, 0.15) is 0 Å². The van der Waals surface area contributed by atoms with Crippen molar-refractivity contribution in [2.45, 2.75) is 30.1 Å². The van der Waals surface area contributed by atoms with Crippen LogP contribution in [0.5, 0.6) is 0 Å². The summed E-state index contributed by atoms with van der Waals surface area (Å²) in [6.07, 6.45) is -0.303. The van der Waals surface area contributed by atoms with E-state index in [0.717, 1.165) is 7.15 Å². The van der Waals surface area contributed by atoms with E-state index in [9.17, 15) is 9.27 Å². The van der Waals surface area contributed by atoms with E-state index < -0.39 is 11.9 Å². The van der Waals surface area contributed by atoms with E-state index in [1.165, 1.54) is 0 Å². The first-order chi connectivity index (χ1) is 6.28. The minimum atomic E-state index is -0.418. The average Bonchev–Trinajstić information content (AvgIpc) is 2.54. The van der Waals surface area contributed by atoms with Crippen LogP contribution in [0.2, 0.25) is 5.82 Å². The molecule has 2 radical (unpaired) electrons. The molecule has 0 amide bonds. The van der Waals surface area contributed by atoms with Crippen molar-refractivity contribution in [3.8, 4) is 0 Å². The van der Waals surface area contributed by atoms with Crippen molar-refractivity contribution in [3.05, 3.63) is 0 Å². The Kier molecular flexibility index (Phi) is 4.68. The summed E-state index contributed by atoms with van der Waals surface area (Å²) in [7, 11) is 7.76. The minimum absolute atomic E-state index is 0.0661. The van der Waals surface area contributed by atoms with Gasteiger partial charge in [-0.05, 0) is 0 Å². The van der Waals surface area contributed by atoms with E-state index in [1.807, 2.05) is 0 Å². The molecule has 1 fully saturated rings. The molecule has 1 unspecified atom stereocenters. The second kappa shape index (κ2) is 5.31. The molecule has 8 heteroatoms. The molecule has 0 saturated heterocycles. The quantitative estimate of drug-likeness (QED) is 0.507. The van der Waals surface area contributed by atoms with Gasteiger partial charge in [-0.15, -0.1) is 0 Å². The van der Waals surface area contributed by atoms with Gasteiger partial charge in [0.15, 0.2) is 0 Å². The van der Waals surface area contributed by atoms with Crippen molar-refractivity contribution >= 4 is 33.1 Å². The van der Waals surface area contributed by atoms with E-state index in [1.54, 1.807) is 0 Å². The van der Waals surface area contributed by atoms with Crippen LogP contribution in [-0.2, 0) is 18.4 Å². The van der Waals surface area contributed by atoms with Crippen LogP contribution >= 0.6 is 17.9 Å². The van der Waals surface area contributed by atoms with E-state index in [2.05, 4.69) is 14.1 Å². The molecule has 68 valence electrons. The topological polar surface area (TPSA) is 52.6 Å². The third-order valence-corrected chi connectivity index (χ3v) is 3.43. The number of hydrogen-bond donors (Lipinski definition) is 0. The van der Waals surface area contributed by atoms with E-state index in [0.29, 0.717) is 6.42 Å². The fourth-order valence-electron chi connectivity index (χ4n) is 1.59. The predicted molar refractivity (Wildman–Crippen MR) is 51.4 cm³/mol. The van der Waals surface area contributed by atoms with Gasteiger partial charge in [0.05, 0.1) is 0 Å². The molecule has 13 heavy (non-hydrogen) atoms. The SMILES string of the molecule is [B]O[C@@H]1C[C@H](P=O)[C@@H](B=O)[C@H]1OP. The van der Waals surface area contributed by atoms with Crippen LogP contribution in [0, 0.1) is 0 Å². The summed E-state index contributed by atoms with van der Waals surface area (Å²) >= 11 is 0. The van der Waals surface area contributed by atoms with Crippen molar-refractivity contribution in [2.75, 3.05) is 0 Å². The molecular weight excluding hydrogens is 208 g/mol. The first-order valence-electron chi connectivity index (χ1n) is 3.77. The molecule has 0 heterocycles. The zero-order chi connectivity index (χ0) is 9.84. The summed E-state index contributed by atoms with van der Waals surface area (Å²) in [5.41, 5.74) is -0.253. The number of rotatable bonds is 4. The molecule has 0 aromatic rings. The number of hydrogen-bond acceptors (Lipinski definition) is 4. The first kappa shape index (κ1) is 11.5. The van der Waals surface area contributed by atoms with E-state index in [-0.39, 0.29) is 20.2 Å². The monoisotopic (exact) mass is 216 g/mol. The molecule has 1 rings (SSSR count). The standard InChI is InChI=1S/C5H8B2O4P2/c6-10-2-1-3(13-9)4(7-8)5(2)11-12/h2-5H,1,12H2/t2-,3+,4-,5+/m1/s1. The van der Waals surface area contributed by atoms with Gasteiger partial charge >= 0.3 is 81.7 Å². The van der Waals surface area contributed by atoms with Crippen LogP contribution in [0.3, 0.4) is 0 Å². The Labute approximate surface area is 82.3 Å². The Bertz CT molecular complexity index is 205. The fraction of sp³-hybridized carbons (Fsp3) is 1.00. The molecule has 0 spiro atoms. The normalized spacial score (nSPS) is 39.2. The molecule has 4 nitrogen and oxygen atoms in total. The maximum absolute atomic E-state index is 10.7. The first-order valence-corrected chi connectivity index (χ1v) is 5.12. The summed E-state index contributed by atoms with van der Waals surface area (Å²) in [4.78, 5) is 0. The molecule has 1 saturated carbocycles. The molecule has 5 atom stereocenters. The fourth-order valence-corrected chi connectivity index (χ4v) is 2.62. The van der Waals surface area contributed by atoms with Crippen LogP contribution in [-0.4, -0.2) is 33.1 Å². The Morgan fingerprint density at radius 2 is 2.31 bits per heavy atom. The summed E-state index contributed by atoms with van der Waals surface area (Å²) in [5.74, 6) is -0.412. The molecule has 0 aromatic heterocycles. The van der Waals surface area contributed by atoms with Gasteiger partial charge < -0.3 is 0 Å². The van der Waals surface area contributed by atoms with Gasteiger partial charge in [0.2, 0.25) is 0 Å². The summed E-state index contributed by atoms with van der Waals surface area (Å²) in [6.45, 7) is 0. The van der Waals surface area contributed by atoms with Crippen LogP contribution in [0.25, 0.3) is 0 Å². The van der Waals surface area contributed by atoms with Crippen molar-refractivity contribution in [1.29, 1.82) is 0 Å². The van der Waals surface area contributed by atoms with E-state index >= 15 is 0 Å². The van der Waals surface area contributed by atoms with Crippen LogP contribution in [0.15, 0.2) is 0 Å². The second-order valence-electron chi connectivity index (χ2n) is 2.90. The molecule has 1 aliphatic rings. The molecule has 0 aromatic carbocycles. The zero-order valence-electron chi connectivity index (χ0n) is 6.83. The van der Waals surface area contributed by atoms with Crippen molar-refractivity contribution in [2.24, 2.45) is 0 Å². The van der Waals surface area contributed by atoms with E-state index in [4.69, 9.17) is 12.6 Å². The maximum atomic E-state index is 10.7. The van der Waals surface area contributed by atoms with Crippen LogP contribution < -0.4 is 0 Å². The average molecular weight is 216 g/mol. The molecule has 1 aliphatic carbocycles. The summed E-state index contributed by atoms with van der Waals surface area (Å²) in [6, 6.07) is 0. The third-order valence-electron chi connectivity index (χ3n) is 2.29. The second-order valence-corrected chi connectivity index (χ2v) is 4.04. The van der Waals surface area contributed by atoms with Crippen molar-refractivity contribution in [1.82, 2.24) is 0 Å². The molecular formula is C5H8B2O4P2. The summed E-state index contributed by atoms with van der Waals surface area (Å²) in [5, 5.41) is 0. The molecule has 0 N–H and O–H groups in total. The predicted octanol–water partition coefficient (Wildman–Crippen LogP) is 0.533. The van der Waals surface area contributed by atoms with Crippen molar-refractivity contribution < 1.29 is 18.4 Å². The van der Waals surface area contributed by atoms with Crippen LogP contribution in [0.1, 0.15) is 6.42 Å². The van der Waals surface area contributed by atoms with Gasteiger partial charge in [-0.25, -0.2) is 0 Å². The summed E-state index contributed by atoms with van der Waals surface area (Å²) < 4.78 is 31.0. The Morgan fingerprint density at radius 3 is 2.69 bits per heavy atom. The van der Waals surface area contributed by atoms with Gasteiger partial charge in [-0.1, -0.05) is 0 Å². The Balaban J connectivity index is 2.76. The molecule has 0 aliphatic heterocycles. The van der Waals surface area contributed by atoms with Gasteiger partial charge in [-0.2, -0.15) is 0 Å². The molecule has 0 bridgehead atoms. The van der Waals surface area contributed by atoms with Crippen LogP contribution in [0.4, 0.5) is 0 Å². The third kappa shape index (κ3) is 2.24. The van der Waals surface area contributed by atoms with Crippen molar-refractivity contribution in [3.63, 3.8) is 0 Å². The Hall–Kier alpha value is 0.380. The Morgan fingerprint density at radius 1 is 1.62 bits per heavy atom. The zero-order valence-corrected chi connectivity index (χ0v) is 8.88. The van der Waals surface area contributed by atoms with Gasteiger partial charge in [0, 0.05) is 0 Å². The van der Waals surface area contributed by atoms with Gasteiger partial charge in [0.25, 0.3) is 0 Å².